The van der Waals surface area contributed by atoms with Crippen molar-refractivity contribution in [3.05, 3.63) is 0 Å². The highest BCUT2D eigenvalue weighted by molar-refractivity contribution is 5.37. The number of nitrogens with zero attached hydrogens (tertiary/aromatic N) is 2. The Balaban J connectivity index is 2.18. The molecule has 0 aliphatic carbocycles. The van der Waals surface area contributed by atoms with Gasteiger partial charge in [0.1, 0.15) is 13.1 Å². The number of carbonyl (C=O) groups is 1. The van der Waals surface area contributed by atoms with Gasteiger partial charge in [-0.05, 0) is 6.42 Å². The van der Waals surface area contributed by atoms with Gasteiger partial charge in [-0.2, -0.15) is 4.59 Å². The zero-order valence-corrected chi connectivity index (χ0v) is 6.83. The van der Waals surface area contributed by atoms with E-state index < -0.39 is 0 Å². The number of rotatable bonds is 1. The van der Waals surface area contributed by atoms with Gasteiger partial charge in [0.05, 0.1) is 6.54 Å². The molecule has 1 unspecified atom stereocenters. The predicted octanol–water partition coefficient (Wildman–Crippen LogP) is 0.374. The molecule has 2 saturated heterocycles. The SMILES string of the molecule is O=C[N+]12CCCCN1CCC2. The number of quaternary nitrogens is 1. The molecular formula is C8H15N2O+. The number of hydrogen-bond acceptors (Lipinski definition) is 2. The van der Waals surface area contributed by atoms with Crippen LogP contribution in [0.4, 0.5) is 0 Å². The summed E-state index contributed by atoms with van der Waals surface area (Å²) in [6.07, 6.45) is 4.81. The molecular weight excluding hydrogens is 140 g/mol. The molecule has 2 aliphatic heterocycles. The van der Waals surface area contributed by atoms with Gasteiger partial charge in [0.2, 0.25) is 0 Å². The number of amides is 1. The Labute approximate surface area is 67.1 Å². The Kier molecular flexibility index (Phi) is 1.69. The number of carbonyl (C=O) groups excluding carboxylic acids is 1. The molecule has 1 atom stereocenters. The molecule has 2 rings (SSSR count). The fraction of sp³-hybridized carbons (Fsp3) is 0.875. The molecule has 0 aromatic rings. The molecule has 2 fully saturated rings. The summed E-state index contributed by atoms with van der Waals surface area (Å²) in [6, 6.07) is 0. The van der Waals surface area contributed by atoms with Crippen LogP contribution < -0.4 is 0 Å². The first-order valence-electron chi connectivity index (χ1n) is 4.46. The van der Waals surface area contributed by atoms with Gasteiger partial charge in [-0.1, -0.05) is 0 Å². The van der Waals surface area contributed by atoms with E-state index in [1.54, 1.807) is 0 Å². The maximum absolute atomic E-state index is 10.9. The summed E-state index contributed by atoms with van der Waals surface area (Å²) < 4.78 is 0.639. The first-order chi connectivity index (χ1) is 5.37. The van der Waals surface area contributed by atoms with Gasteiger partial charge >= 0.3 is 6.41 Å². The number of fused-ring (bicyclic) bond motifs is 1. The van der Waals surface area contributed by atoms with Crippen molar-refractivity contribution in [2.45, 2.75) is 19.3 Å². The average Bonchev–Trinajstić information content (AvgIpc) is 2.48. The van der Waals surface area contributed by atoms with Crippen molar-refractivity contribution < 1.29 is 9.39 Å². The van der Waals surface area contributed by atoms with Gasteiger partial charge in [0.25, 0.3) is 0 Å². The van der Waals surface area contributed by atoms with Crippen molar-refractivity contribution in [3.8, 4) is 0 Å². The molecule has 0 aromatic carbocycles. The highest BCUT2D eigenvalue weighted by atomic mass is 16.2. The highest BCUT2D eigenvalue weighted by Gasteiger charge is 2.42. The van der Waals surface area contributed by atoms with Crippen molar-refractivity contribution in [2.75, 3.05) is 26.2 Å². The Morgan fingerprint density at radius 2 is 1.82 bits per heavy atom. The van der Waals surface area contributed by atoms with Crippen LogP contribution in [0.5, 0.6) is 0 Å². The van der Waals surface area contributed by atoms with Crippen LogP contribution in [0.1, 0.15) is 19.3 Å². The molecule has 0 radical (unpaired) electrons. The first-order valence-corrected chi connectivity index (χ1v) is 4.46. The first kappa shape index (κ1) is 7.25. The maximum atomic E-state index is 10.9. The fourth-order valence-corrected chi connectivity index (χ4v) is 2.28. The lowest BCUT2D eigenvalue weighted by Gasteiger charge is -2.38. The molecule has 2 heterocycles. The molecule has 2 aliphatic rings. The standard InChI is InChI=1S/C8H15N2O/c11-8-10-6-2-1-4-9(10)5-3-7-10/h8H,1-7H2/q+1. The third-order valence-corrected chi connectivity index (χ3v) is 2.93. The minimum Gasteiger partial charge on any atom is -0.232 e. The van der Waals surface area contributed by atoms with Crippen LogP contribution in [0, 0.1) is 0 Å². The smallest absolute Gasteiger partial charge is 0.232 e. The summed E-state index contributed by atoms with van der Waals surface area (Å²) in [5, 5.41) is 2.32. The molecule has 0 saturated carbocycles. The van der Waals surface area contributed by atoms with Crippen LogP contribution in [0.2, 0.25) is 0 Å². The second-order valence-corrected chi connectivity index (χ2v) is 3.55. The zero-order valence-electron chi connectivity index (χ0n) is 6.83. The lowest BCUT2D eigenvalue weighted by Crippen LogP contribution is -2.58. The molecule has 1 amide bonds. The Morgan fingerprint density at radius 3 is 2.55 bits per heavy atom. The van der Waals surface area contributed by atoms with Crippen molar-refractivity contribution in [3.63, 3.8) is 0 Å². The molecule has 62 valence electrons. The summed E-state index contributed by atoms with van der Waals surface area (Å²) in [7, 11) is 0. The highest BCUT2D eigenvalue weighted by Crippen LogP contribution is 2.24. The largest absolute Gasteiger partial charge is 0.320 e. The van der Waals surface area contributed by atoms with Crippen molar-refractivity contribution in [1.29, 1.82) is 0 Å². The van der Waals surface area contributed by atoms with E-state index in [4.69, 9.17) is 0 Å². The van der Waals surface area contributed by atoms with Gasteiger partial charge in [-0.3, -0.25) is 0 Å². The molecule has 0 spiro atoms. The van der Waals surface area contributed by atoms with E-state index in [0.29, 0.717) is 4.59 Å². The van der Waals surface area contributed by atoms with E-state index in [-0.39, 0.29) is 0 Å². The van der Waals surface area contributed by atoms with Gasteiger partial charge in [0, 0.05) is 19.4 Å². The molecule has 3 heteroatoms. The van der Waals surface area contributed by atoms with E-state index in [1.807, 2.05) is 0 Å². The predicted molar refractivity (Wildman–Crippen MR) is 41.5 cm³/mol. The third-order valence-electron chi connectivity index (χ3n) is 2.93. The van der Waals surface area contributed by atoms with Gasteiger partial charge in [-0.15, -0.1) is 5.01 Å². The molecule has 11 heavy (non-hydrogen) atoms. The summed E-state index contributed by atoms with van der Waals surface area (Å²) in [5.74, 6) is 0. The molecule has 0 aromatic heterocycles. The van der Waals surface area contributed by atoms with E-state index in [2.05, 4.69) is 5.01 Å². The van der Waals surface area contributed by atoms with Gasteiger partial charge in [0.15, 0.2) is 0 Å². The van der Waals surface area contributed by atoms with Gasteiger partial charge in [-0.25, -0.2) is 4.79 Å². The van der Waals surface area contributed by atoms with Crippen LogP contribution in [0.15, 0.2) is 0 Å². The molecule has 0 N–H and O–H groups in total. The minimum absolute atomic E-state index is 0.639. The fourth-order valence-electron chi connectivity index (χ4n) is 2.28. The molecule has 3 nitrogen and oxygen atoms in total. The van der Waals surface area contributed by atoms with E-state index in [1.165, 1.54) is 19.3 Å². The summed E-state index contributed by atoms with van der Waals surface area (Å²) in [6.45, 7) is 4.34. The topological polar surface area (TPSA) is 20.3 Å². The van der Waals surface area contributed by atoms with Crippen molar-refractivity contribution in [2.24, 2.45) is 0 Å². The van der Waals surface area contributed by atoms with Crippen LogP contribution in [-0.4, -0.2) is 42.2 Å². The minimum atomic E-state index is 0.639. The Morgan fingerprint density at radius 1 is 1.09 bits per heavy atom. The van der Waals surface area contributed by atoms with Crippen LogP contribution in [0.3, 0.4) is 0 Å². The van der Waals surface area contributed by atoms with E-state index in [0.717, 1.165) is 32.6 Å². The van der Waals surface area contributed by atoms with E-state index in [9.17, 15) is 4.79 Å². The quantitative estimate of drug-likeness (QED) is 0.403. The van der Waals surface area contributed by atoms with Crippen LogP contribution in [0.25, 0.3) is 0 Å². The molecule has 0 bridgehead atoms. The maximum Gasteiger partial charge on any atom is 0.320 e. The normalized spacial score (nSPS) is 38.5. The van der Waals surface area contributed by atoms with E-state index >= 15 is 0 Å². The summed E-state index contributed by atoms with van der Waals surface area (Å²) >= 11 is 0. The van der Waals surface area contributed by atoms with Gasteiger partial charge < -0.3 is 0 Å². The summed E-state index contributed by atoms with van der Waals surface area (Å²) in [4.78, 5) is 10.9. The summed E-state index contributed by atoms with van der Waals surface area (Å²) in [5.41, 5.74) is 0. The monoisotopic (exact) mass is 155 g/mol. The third kappa shape index (κ3) is 0.993. The van der Waals surface area contributed by atoms with Crippen LogP contribution in [-0.2, 0) is 4.79 Å². The Hall–Kier alpha value is -0.410. The zero-order chi connectivity index (χ0) is 7.73. The lowest BCUT2D eigenvalue weighted by molar-refractivity contribution is -0.952. The second-order valence-electron chi connectivity index (χ2n) is 3.55. The van der Waals surface area contributed by atoms with Crippen molar-refractivity contribution in [1.82, 2.24) is 5.01 Å². The number of hydrogen-bond donors (Lipinski definition) is 0. The Bertz CT molecular complexity index is 171. The van der Waals surface area contributed by atoms with Crippen LogP contribution >= 0.6 is 0 Å². The second kappa shape index (κ2) is 2.57. The lowest BCUT2D eigenvalue weighted by atomic mass is 10.2. The van der Waals surface area contributed by atoms with Crippen molar-refractivity contribution >= 4 is 6.41 Å². The average molecular weight is 155 g/mol.